The van der Waals surface area contributed by atoms with E-state index in [1.54, 1.807) is 12.1 Å². The molecule has 10 nitrogen and oxygen atoms in total. The number of halogens is 3. The summed E-state index contributed by atoms with van der Waals surface area (Å²) in [7, 11) is 1.47. The van der Waals surface area contributed by atoms with E-state index >= 15 is 0 Å². The van der Waals surface area contributed by atoms with Crippen LogP contribution < -0.4 is 20.9 Å². The van der Waals surface area contributed by atoms with Crippen LogP contribution in [0.15, 0.2) is 54.9 Å². The Bertz CT molecular complexity index is 1140. The Balaban J connectivity index is 1.82. The number of aromatic nitrogens is 2. The average molecular weight is 448 g/mol. The first-order valence-corrected chi connectivity index (χ1v) is 8.83. The SMILES string of the molecule is COc1ccc(C(=O)NNc2ncnc(Nc3cccc(C(F)(F)F)c3)c2[N+](=O)[O-])cc1. The molecule has 0 unspecified atom stereocenters. The van der Waals surface area contributed by atoms with Crippen LogP contribution in [-0.4, -0.2) is 27.9 Å². The number of hydrogen-bond donors (Lipinski definition) is 3. The standard InChI is InChI=1S/C19H15F3N6O4/c1-32-14-7-5-11(6-8-14)18(29)27-26-17-15(28(30)31)16(23-10-24-17)25-13-4-2-3-12(9-13)19(20,21)22/h2-10H,1H3,(H,27,29)(H2,23,24,25,26). The Morgan fingerprint density at radius 2 is 1.78 bits per heavy atom. The molecule has 0 fully saturated rings. The molecule has 0 spiro atoms. The monoisotopic (exact) mass is 448 g/mol. The fraction of sp³-hybridized carbons (Fsp3) is 0.105. The maximum atomic E-state index is 12.9. The summed E-state index contributed by atoms with van der Waals surface area (Å²) in [5.41, 5.74) is 3.15. The number of carbonyl (C=O) groups is 1. The van der Waals surface area contributed by atoms with Gasteiger partial charge in [0.1, 0.15) is 12.1 Å². The van der Waals surface area contributed by atoms with E-state index in [4.69, 9.17) is 4.74 Å². The molecular weight excluding hydrogens is 433 g/mol. The average Bonchev–Trinajstić information content (AvgIpc) is 2.77. The number of ether oxygens (including phenoxy) is 1. The van der Waals surface area contributed by atoms with Gasteiger partial charge in [-0.3, -0.25) is 25.8 Å². The summed E-state index contributed by atoms with van der Waals surface area (Å²) in [5, 5.41) is 14.1. The minimum Gasteiger partial charge on any atom is -0.497 e. The van der Waals surface area contributed by atoms with Gasteiger partial charge >= 0.3 is 11.9 Å². The minimum atomic E-state index is -4.59. The minimum absolute atomic E-state index is 0.0742. The Labute approximate surface area is 178 Å². The van der Waals surface area contributed by atoms with Crippen LogP contribution in [0.3, 0.4) is 0 Å². The summed E-state index contributed by atoms with van der Waals surface area (Å²) in [4.78, 5) is 30.5. The molecule has 0 aliphatic carbocycles. The fourth-order valence-corrected chi connectivity index (χ4v) is 2.58. The second-order valence-electron chi connectivity index (χ2n) is 6.19. The zero-order valence-electron chi connectivity index (χ0n) is 16.3. The van der Waals surface area contributed by atoms with Crippen LogP contribution in [0.5, 0.6) is 5.75 Å². The highest BCUT2D eigenvalue weighted by atomic mass is 19.4. The third-order valence-corrected chi connectivity index (χ3v) is 4.10. The molecule has 13 heteroatoms. The van der Waals surface area contributed by atoms with Crippen LogP contribution in [-0.2, 0) is 6.18 Å². The van der Waals surface area contributed by atoms with Gasteiger partial charge in [0.05, 0.1) is 17.6 Å². The molecule has 1 amide bonds. The van der Waals surface area contributed by atoms with Crippen LogP contribution >= 0.6 is 0 Å². The van der Waals surface area contributed by atoms with Gasteiger partial charge in [-0.05, 0) is 42.5 Å². The number of nitro groups is 1. The van der Waals surface area contributed by atoms with Crippen LogP contribution in [0.2, 0.25) is 0 Å². The van der Waals surface area contributed by atoms with Gasteiger partial charge in [-0.25, -0.2) is 9.97 Å². The molecule has 3 N–H and O–H groups in total. The predicted molar refractivity (Wildman–Crippen MR) is 107 cm³/mol. The van der Waals surface area contributed by atoms with Crippen molar-refractivity contribution in [2.45, 2.75) is 6.18 Å². The van der Waals surface area contributed by atoms with Crippen molar-refractivity contribution in [3.05, 3.63) is 76.1 Å². The molecule has 3 aromatic rings. The maximum Gasteiger partial charge on any atom is 0.416 e. The number of hydrogen-bond acceptors (Lipinski definition) is 8. The molecule has 0 bridgehead atoms. The van der Waals surface area contributed by atoms with E-state index in [1.807, 2.05) is 0 Å². The van der Waals surface area contributed by atoms with Gasteiger partial charge < -0.3 is 10.1 Å². The van der Waals surface area contributed by atoms with Crippen LogP contribution in [0, 0.1) is 10.1 Å². The maximum absolute atomic E-state index is 12.9. The first kappa shape index (κ1) is 22.3. The number of methoxy groups -OCH3 is 1. The van der Waals surface area contributed by atoms with Gasteiger partial charge in [-0.2, -0.15) is 13.2 Å². The molecule has 1 aromatic heterocycles. The molecule has 32 heavy (non-hydrogen) atoms. The second kappa shape index (κ2) is 9.16. The van der Waals surface area contributed by atoms with Crippen LogP contribution in [0.1, 0.15) is 15.9 Å². The van der Waals surface area contributed by atoms with Crippen molar-refractivity contribution in [3.8, 4) is 5.75 Å². The summed E-state index contributed by atoms with van der Waals surface area (Å²) < 4.78 is 43.8. The molecule has 1 heterocycles. The highest BCUT2D eigenvalue weighted by molar-refractivity contribution is 5.95. The van der Waals surface area contributed by atoms with Crippen LogP contribution in [0.25, 0.3) is 0 Å². The molecule has 0 aliphatic heterocycles. The van der Waals surface area contributed by atoms with E-state index < -0.39 is 28.3 Å². The van der Waals surface area contributed by atoms with Crippen molar-refractivity contribution in [1.82, 2.24) is 15.4 Å². The lowest BCUT2D eigenvalue weighted by Crippen LogP contribution is -2.30. The number of hydrazine groups is 1. The van der Waals surface area contributed by atoms with Crippen LogP contribution in [0.4, 0.5) is 36.2 Å². The van der Waals surface area contributed by atoms with E-state index in [0.29, 0.717) is 5.75 Å². The molecule has 3 rings (SSSR count). The number of anilines is 3. The summed E-state index contributed by atoms with van der Waals surface area (Å²) in [6, 6.07) is 10.1. The molecule has 0 atom stereocenters. The van der Waals surface area contributed by atoms with E-state index in [-0.39, 0.29) is 22.9 Å². The Kier molecular flexibility index (Phi) is 6.37. The summed E-state index contributed by atoms with van der Waals surface area (Å²) in [6.07, 6.45) is -3.64. The van der Waals surface area contributed by atoms with E-state index in [1.165, 1.54) is 25.3 Å². The van der Waals surface area contributed by atoms with Crippen molar-refractivity contribution in [3.63, 3.8) is 0 Å². The zero-order chi connectivity index (χ0) is 23.3. The van der Waals surface area contributed by atoms with E-state index in [2.05, 4.69) is 26.1 Å². The van der Waals surface area contributed by atoms with Gasteiger partial charge in [-0.15, -0.1) is 0 Å². The quantitative estimate of drug-likeness (QED) is 0.366. The lowest BCUT2D eigenvalue weighted by atomic mass is 10.2. The van der Waals surface area contributed by atoms with Gasteiger partial charge in [0.2, 0.25) is 11.6 Å². The first-order chi connectivity index (χ1) is 15.2. The number of alkyl halides is 3. The topological polar surface area (TPSA) is 131 Å². The van der Waals surface area contributed by atoms with Gasteiger partial charge in [0.25, 0.3) is 5.91 Å². The van der Waals surface area contributed by atoms with Gasteiger partial charge in [-0.1, -0.05) is 6.07 Å². The smallest absolute Gasteiger partial charge is 0.416 e. The molecule has 0 radical (unpaired) electrons. The predicted octanol–water partition coefficient (Wildman–Crippen LogP) is 3.91. The molecule has 0 saturated carbocycles. The summed E-state index contributed by atoms with van der Waals surface area (Å²) >= 11 is 0. The van der Waals surface area contributed by atoms with Crippen molar-refractivity contribution >= 4 is 28.9 Å². The Morgan fingerprint density at radius 3 is 2.41 bits per heavy atom. The van der Waals surface area contributed by atoms with Gasteiger partial charge in [0, 0.05) is 11.3 Å². The molecular formula is C19H15F3N6O4. The van der Waals surface area contributed by atoms with Crippen molar-refractivity contribution in [1.29, 1.82) is 0 Å². The van der Waals surface area contributed by atoms with E-state index in [9.17, 15) is 28.1 Å². The van der Waals surface area contributed by atoms with E-state index in [0.717, 1.165) is 24.5 Å². The lowest BCUT2D eigenvalue weighted by Gasteiger charge is -2.12. The number of nitrogens with one attached hydrogen (secondary N) is 3. The Morgan fingerprint density at radius 1 is 1.09 bits per heavy atom. The number of benzene rings is 2. The fourth-order valence-electron chi connectivity index (χ4n) is 2.58. The van der Waals surface area contributed by atoms with Crippen molar-refractivity contribution < 1.29 is 27.6 Å². The summed E-state index contributed by atoms with van der Waals surface area (Å²) in [6.45, 7) is 0. The molecule has 2 aromatic carbocycles. The first-order valence-electron chi connectivity index (χ1n) is 8.83. The normalized spacial score (nSPS) is 10.9. The Hall–Kier alpha value is -4.42. The number of amides is 1. The van der Waals surface area contributed by atoms with Gasteiger partial charge in [0.15, 0.2) is 0 Å². The highest BCUT2D eigenvalue weighted by Gasteiger charge is 2.31. The van der Waals surface area contributed by atoms with Crippen molar-refractivity contribution in [2.75, 3.05) is 17.9 Å². The molecule has 166 valence electrons. The molecule has 0 aliphatic rings. The zero-order valence-corrected chi connectivity index (χ0v) is 16.3. The molecule has 0 saturated heterocycles. The number of nitrogens with zero attached hydrogens (tertiary/aromatic N) is 3. The summed E-state index contributed by atoms with van der Waals surface area (Å²) in [5.74, 6) is -0.828. The number of rotatable bonds is 7. The number of carbonyl (C=O) groups excluding carboxylic acids is 1. The lowest BCUT2D eigenvalue weighted by molar-refractivity contribution is -0.383. The third kappa shape index (κ3) is 5.19. The largest absolute Gasteiger partial charge is 0.497 e. The second-order valence-corrected chi connectivity index (χ2v) is 6.19. The van der Waals surface area contributed by atoms with Crippen molar-refractivity contribution in [2.24, 2.45) is 0 Å². The third-order valence-electron chi connectivity index (χ3n) is 4.10. The highest BCUT2D eigenvalue weighted by Crippen LogP contribution is 2.34.